The van der Waals surface area contributed by atoms with Gasteiger partial charge in [0.15, 0.2) is 0 Å². The third-order valence-electron chi connectivity index (χ3n) is 3.33. The molecule has 1 aromatic heterocycles. The van der Waals surface area contributed by atoms with E-state index in [4.69, 9.17) is 0 Å². The van der Waals surface area contributed by atoms with Gasteiger partial charge in [-0.25, -0.2) is 13.2 Å². The lowest BCUT2D eigenvalue weighted by Gasteiger charge is -2.09. The maximum Gasteiger partial charge on any atom is 0.326 e. The lowest BCUT2D eigenvalue weighted by molar-refractivity contribution is 0.601. The van der Waals surface area contributed by atoms with Gasteiger partial charge in [0, 0.05) is 5.69 Å². The highest BCUT2D eigenvalue weighted by Gasteiger charge is 2.15. The first-order valence-corrected chi connectivity index (χ1v) is 8.19. The predicted molar refractivity (Wildman–Crippen MR) is 87.2 cm³/mol. The molecule has 8 heteroatoms. The number of aryl methyl sites for hydroxylation is 1. The predicted octanol–water partition coefficient (Wildman–Crippen LogP) is 1.33. The first-order valence-electron chi connectivity index (χ1n) is 6.71. The van der Waals surface area contributed by atoms with Gasteiger partial charge in [-0.05, 0) is 37.3 Å². The molecule has 0 radical (unpaired) electrons. The molecule has 0 aliphatic carbocycles. The molecule has 0 saturated carbocycles. The van der Waals surface area contributed by atoms with Crippen LogP contribution in [0.1, 0.15) is 5.56 Å². The minimum Gasteiger partial charge on any atom is -0.307 e. The van der Waals surface area contributed by atoms with Gasteiger partial charge >= 0.3 is 5.69 Å². The summed E-state index contributed by atoms with van der Waals surface area (Å²) in [7, 11) is -3.83. The molecule has 1 heterocycles. The number of hydrogen-bond acceptors (Lipinski definition) is 4. The molecule has 0 spiro atoms. The summed E-state index contributed by atoms with van der Waals surface area (Å²) < 4.78 is 27.3. The van der Waals surface area contributed by atoms with Crippen LogP contribution in [0, 0.1) is 6.92 Å². The molecule has 2 aromatic carbocycles. The second-order valence-corrected chi connectivity index (χ2v) is 6.77. The fourth-order valence-corrected chi connectivity index (χ4v) is 3.24. The maximum absolute atomic E-state index is 12.4. The molecule has 23 heavy (non-hydrogen) atoms. The van der Waals surface area contributed by atoms with Crippen molar-refractivity contribution in [1.82, 2.24) is 9.97 Å². The van der Waals surface area contributed by atoms with E-state index in [-0.39, 0.29) is 15.8 Å². The maximum atomic E-state index is 12.4. The molecular formula is C15H13N3O4S. The Morgan fingerprint density at radius 2 is 1.65 bits per heavy atom. The summed E-state index contributed by atoms with van der Waals surface area (Å²) >= 11 is 0. The fraction of sp³-hybridized carbons (Fsp3) is 0.0667. The summed E-state index contributed by atoms with van der Waals surface area (Å²) in [6, 6.07) is 10.8. The zero-order valence-corrected chi connectivity index (χ0v) is 12.9. The van der Waals surface area contributed by atoms with Crippen molar-refractivity contribution in [3.63, 3.8) is 0 Å². The lowest BCUT2D eigenvalue weighted by atomic mass is 10.2. The molecule has 0 aliphatic rings. The number of nitrogens with one attached hydrogen (secondary N) is 3. The van der Waals surface area contributed by atoms with Crippen LogP contribution in [0.15, 0.2) is 56.9 Å². The summed E-state index contributed by atoms with van der Waals surface area (Å²) in [6.07, 6.45) is 0. The van der Waals surface area contributed by atoms with Crippen molar-refractivity contribution in [2.24, 2.45) is 0 Å². The molecule has 3 rings (SSSR count). The third-order valence-corrected chi connectivity index (χ3v) is 4.70. The van der Waals surface area contributed by atoms with Crippen LogP contribution < -0.4 is 16.0 Å². The number of anilines is 1. The molecular weight excluding hydrogens is 318 g/mol. The molecule has 0 bridgehead atoms. The van der Waals surface area contributed by atoms with E-state index in [1.165, 1.54) is 18.2 Å². The number of sulfonamides is 1. The Balaban J connectivity index is 2.06. The van der Waals surface area contributed by atoms with Crippen molar-refractivity contribution in [3.05, 3.63) is 68.9 Å². The first kappa shape index (κ1) is 15.0. The molecule has 3 N–H and O–H groups in total. The molecule has 0 unspecified atom stereocenters. The Kier molecular flexibility index (Phi) is 3.53. The highest BCUT2D eigenvalue weighted by atomic mass is 32.2. The van der Waals surface area contributed by atoms with E-state index in [9.17, 15) is 18.0 Å². The van der Waals surface area contributed by atoms with Gasteiger partial charge in [0.2, 0.25) is 0 Å². The highest BCUT2D eigenvalue weighted by molar-refractivity contribution is 7.92. The Morgan fingerprint density at radius 3 is 2.35 bits per heavy atom. The van der Waals surface area contributed by atoms with Crippen LogP contribution in [0.4, 0.5) is 5.69 Å². The summed E-state index contributed by atoms with van der Waals surface area (Å²) in [5.74, 6) is 0. The third kappa shape index (κ3) is 3.02. The van der Waals surface area contributed by atoms with E-state index in [2.05, 4.69) is 14.7 Å². The van der Waals surface area contributed by atoms with Gasteiger partial charge in [-0.1, -0.05) is 17.7 Å². The number of fused-ring (bicyclic) bond motifs is 1. The Bertz CT molecular complexity index is 1100. The molecule has 7 nitrogen and oxygen atoms in total. The topological polar surface area (TPSA) is 112 Å². The smallest absolute Gasteiger partial charge is 0.307 e. The Labute approximate surface area is 131 Å². The van der Waals surface area contributed by atoms with E-state index < -0.39 is 21.3 Å². The average molecular weight is 331 g/mol. The lowest BCUT2D eigenvalue weighted by Crippen LogP contribution is -2.22. The van der Waals surface area contributed by atoms with E-state index in [0.717, 1.165) is 5.56 Å². The molecule has 0 fully saturated rings. The van der Waals surface area contributed by atoms with Crippen molar-refractivity contribution in [1.29, 1.82) is 0 Å². The fourth-order valence-electron chi connectivity index (χ4n) is 2.15. The van der Waals surface area contributed by atoms with Crippen LogP contribution in [-0.2, 0) is 10.0 Å². The van der Waals surface area contributed by atoms with Crippen molar-refractivity contribution in [2.75, 3.05) is 4.72 Å². The van der Waals surface area contributed by atoms with Gasteiger partial charge < -0.3 is 4.98 Å². The Morgan fingerprint density at radius 1 is 0.957 bits per heavy atom. The van der Waals surface area contributed by atoms with Crippen molar-refractivity contribution in [3.8, 4) is 0 Å². The molecule has 3 aromatic rings. The molecule has 0 saturated heterocycles. The monoisotopic (exact) mass is 331 g/mol. The van der Waals surface area contributed by atoms with E-state index in [1.54, 1.807) is 24.3 Å². The zero-order chi connectivity index (χ0) is 16.6. The largest absolute Gasteiger partial charge is 0.326 e. The standard InChI is InChI=1S/C15H13N3O4S/c1-9-2-4-10(5-3-9)18-23(21,22)11-6-7-12-13(8-11)16-15(20)17-14(12)19/h2-8,18H,1H3,(H2,16,17,19,20). The van der Waals surface area contributed by atoms with Crippen LogP contribution >= 0.6 is 0 Å². The summed E-state index contributed by atoms with van der Waals surface area (Å²) in [6.45, 7) is 1.90. The number of hydrogen-bond donors (Lipinski definition) is 3. The minimum absolute atomic E-state index is 0.0492. The minimum atomic E-state index is -3.83. The van der Waals surface area contributed by atoms with Crippen LogP contribution in [0.25, 0.3) is 10.9 Å². The molecule has 0 aliphatic heterocycles. The summed E-state index contributed by atoms with van der Waals surface area (Å²) in [5, 5.41) is 0.207. The first-order chi connectivity index (χ1) is 10.8. The number of benzene rings is 2. The number of H-pyrrole nitrogens is 2. The highest BCUT2D eigenvalue weighted by Crippen LogP contribution is 2.18. The van der Waals surface area contributed by atoms with E-state index in [1.807, 2.05) is 6.92 Å². The molecule has 118 valence electrons. The van der Waals surface area contributed by atoms with Crippen molar-refractivity contribution in [2.45, 2.75) is 11.8 Å². The van der Waals surface area contributed by atoms with Gasteiger partial charge in [-0.3, -0.25) is 14.5 Å². The van der Waals surface area contributed by atoms with Gasteiger partial charge in [-0.15, -0.1) is 0 Å². The number of aromatic amines is 2. The van der Waals surface area contributed by atoms with Crippen LogP contribution in [0.2, 0.25) is 0 Å². The van der Waals surface area contributed by atoms with Crippen molar-refractivity contribution >= 4 is 26.6 Å². The van der Waals surface area contributed by atoms with Crippen LogP contribution in [0.5, 0.6) is 0 Å². The second-order valence-electron chi connectivity index (χ2n) is 5.09. The van der Waals surface area contributed by atoms with Gasteiger partial charge in [0.1, 0.15) is 0 Å². The SMILES string of the molecule is Cc1ccc(NS(=O)(=O)c2ccc3c(=O)[nH]c(=O)[nH]c3c2)cc1. The number of aromatic nitrogens is 2. The molecule has 0 amide bonds. The van der Waals surface area contributed by atoms with E-state index in [0.29, 0.717) is 5.69 Å². The van der Waals surface area contributed by atoms with Gasteiger partial charge in [-0.2, -0.15) is 0 Å². The van der Waals surface area contributed by atoms with E-state index >= 15 is 0 Å². The summed E-state index contributed by atoms with van der Waals surface area (Å²) in [4.78, 5) is 27.4. The quantitative estimate of drug-likeness (QED) is 0.672. The normalized spacial score (nSPS) is 11.5. The van der Waals surface area contributed by atoms with Crippen molar-refractivity contribution < 1.29 is 8.42 Å². The van der Waals surface area contributed by atoms with Crippen LogP contribution in [-0.4, -0.2) is 18.4 Å². The zero-order valence-electron chi connectivity index (χ0n) is 12.1. The second kappa shape index (κ2) is 5.40. The average Bonchev–Trinajstić information content (AvgIpc) is 2.48. The molecule has 0 atom stereocenters. The summed E-state index contributed by atoms with van der Waals surface area (Å²) in [5.41, 5.74) is 0.332. The van der Waals surface area contributed by atoms with Gasteiger partial charge in [0.25, 0.3) is 15.6 Å². The van der Waals surface area contributed by atoms with Crippen LogP contribution in [0.3, 0.4) is 0 Å². The Hall–Kier alpha value is -2.87. The van der Waals surface area contributed by atoms with Gasteiger partial charge in [0.05, 0.1) is 15.8 Å². The number of rotatable bonds is 3.